The average Bonchev–Trinajstić information content (AvgIpc) is 3.12. The topological polar surface area (TPSA) is 68.9 Å². The summed E-state index contributed by atoms with van der Waals surface area (Å²) in [5.41, 5.74) is 5.69. The van der Waals surface area contributed by atoms with Crippen LogP contribution in [0, 0.1) is 5.92 Å². The number of guanidine groups is 1. The van der Waals surface area contributed by atoms with Crippen LogP contribution in [-0.2, 0) is 9.47 Å². The van der Waals surface area contributed by atoms with Crippen LogP contribution < -0.4 is 11.1 Å². The number of nitrogens with zero attached hydrogens (tertiary/aromatic N) is 1. The first-order valence-corrected chi connectivity index (χ1v) is 6.52. The molecule has 0 saturated heterocycles. The van der Waals surface area contributed by atoms with E-state index in [0.29, 0.717) is 19.1 Å². The Kier molecular flexibility index (Phi) is 7.75. The van der Waals surface area contributed by atoms with Gasteiger partial charge >= 0.3 is 0 Å². The van der Waals surface area contributed by atoms with E-state index in [9.17, 15) is 0 Å². The number of nitrogens with one attached hydrogen (secondary N) is 1. The van der Waals surface area contributed by atoms with Crippen molar-refractivity contribution in [1.29, 1.82) is 0 Å². The molecule has 0 bridgehead atoms. The number of hydrogen-bond acceptors (Lipinski definition) is 3. The Labute approximate surface area is 104 Å². The van der Waals surface area contributed by atoms with Crippen molar-refractivity contribution in [2.45, 2.75) is 26.2 Å². The summed E-state index contributed by atoms with van der Waals surface area (Å²) in [4.78, 5) is 4.19. The van der Waals surface area contributed by atoms with Crippen molar-refractivity contribution in [3.05, 3.63) is 0 Å². The van der Waals surface area contributed by atoms with Gasteiger partial charge in [0.1, 0.15) is 0 Å². The molecule has 3 N–H and O–H groups in total. The highest BCUT2D eigenvalue weighted by Crippen LogP contribution is 2.28. The van der Waals surface area contributed by atoms with E-state index in [1.807, 2.05) is 6.92 Å². The predicted molar refractivity (Wildman–Crippen MR) is 69.1 cm³/mol. The monoisotopic (exact) mass is 243 g/mol. The Balaban J connectivity index is 1.84. The van der Waals surface area contributed by atoms with Crippen molar-refractivity contribution in [2.24, 2.45) is 16.6 Å². The van der Waals surface area contributed by atoms with Gasteiger partial charge in [-0.05, 0) is 32.1 Å². The first-order valence-electron chi connectivity index (χ1n) is 6.52. The maximum absolute atomic E-state index is 5.69. The van der Waals surface area contributed by atoms with Gasteiger partial charge in [0.2, 0.25) is 0 Å². The maximum atomic E-state index is 5.69. The van der Waals surface area contributed by atoms with Crippen LogP contribution in [0.3, 0.4) is 0 Å². The number of rotatable bonds is 10. The SMILES string of the molecule is CCOCCCN=C(N)NCCOCC1CC1. The summed E-state index contributed by atoms with van der Waals surface area (Å²) in [7, 11) is 0. The summed E-state index contributed by atoms with van der Waals surface area (Å²) in [5, 5.41) is 3.03. The number of aliphatic imine (C=N–C) groups is 1. The summed E-state index contributed by atoms with van der Waals surface area (Å²) in [6.07, 6.45) is 3.57. The fraction of sp³-hybridized carbons (Fsp3) is 0.917. The average molecular weight is 243 g/mol. The Morgan fingerprint density at radius 2 is 2.18 bits per heavy atom. The van der Waals surface area contributed by atoms with Gasteiger partial charge in [-0.2, -0.15) is 0 Å². The Morgan fingerprint density at radius 1 is 1.35 bits per heavy atom. The molecule has 1 rings (SSSR count). The molecule has 5 heteroatoms. The Bertz CT molecular complexity index is 218. The molecule has 5 nitrogen and oxygen atoms in total. The second-order valence-electron chi connectivity index (χ2n) is 4.26. The van der Waals surface area contributed by atoms with Gasteiger partial charge in [-0.3, -0.25) is 4.99 Å². The van der Waals surface area contributed by atoms with Crippen molar-refractivity contribution in [1.82, 2.24) is 5.32 Å². The molecule has 0 aromatic rings. The Morgan fingerprint density at radius 3 is 2.88 bits per heavy atom. The van der Waals surface area contributed by atoms with Crippen molar-refractivity contribution < 1.29 is 9.47 Å². The van der Waals surface area contributed by atoms with Crippen LogP contribution >= 0.6 is 0 Å². The maximum Gasteiger partial charge on any atom is 0.188 e. The van der Waals surface area contributed by atoms with Gasteiger partial charge in [-0.25, -0.2) is 0 Å². The summed E-state index contributed by atoms with van der Waals surface area (Å²) in [6, 6.07) is 0. The van der Waals surface area contributed by atoms with E-state index >= 15 is 0 Å². The summed E-state index contributed by atoms with van der Waals surface area (Å²) in [6.45, 7) is 6.53. The van der Waals surface area contributed by atoms with Crippen LogP contribution in [0.1, 0.15) is 26.2 Å². The molecule has 0 aliphatic heterocycles. The lowest BCUT2D eigenvalue weighted by Crippen LogP contribution is -2.34. The van der Waals surface area contributed by atoms with E-state index in [-0.39, 0.29) is 0 Å². The smallest absolute Gasteiger partial charge is 0.188 e. The van der Waals surface area contributed by atoms with E-state index in [4.69, 9.17) is 15.2 Å². The second-order valence-corrected chi connectivity index (χ2v) is 4.26. The van der Waals surface area contributed by atoms with Crippen LogP contribution in [-0.4, -0.2) is 45.5 Å². The molecule has 0 unspecified atom stereocenters. The number of hydrogen-bond donors (Lipinski definition) is 2. The van der Waals surface area contributed by atoms with Crippen LogP contribution in [0.4, 0.5) is 0 Å². The van der Waals surface area contributed by atoms with E-state index in [2.05, 4.69) is 10.3 Å². The molecular formula is C12H25N3O2. The van der Waals surface area contributed by atoms with Gasteiger partial charge in [0.25, 0.3) is 0 Å². The highest BCUT2D eigenvalue weighted by molar-refractivity contribution is 5.77. The van der Waals surface area contributed by atoms with Gasteiger partial charge in [-0.1, -0.05) is 0 Å². The number of ether oxygens (including phenoxy) is 2. The zero-order valence-electron chi connectivity index (χ0n) is 10.8. The third-order valence-electron chi connectivity index (χ3n) is 2.54. The molecule has 0 heterocycles. The van der Waals surface area contributed by atoms with Crippen molar-refractivity contribution >= 4 is 5.96 Å². The first kappa shape index (κ1) is 14.3. The summed E-state index contributed by atoms with van der Waals surface area (Å²) >= 11 is 0. The zero-order chi connectivity index (χ0) is 12.3. The molecule has 0 spiro atoms. The van der Waals surface area contributed by atoms with Crippen LogP contribution in [0.15, 0.2) is 4.99 Å². The quantitative estimate of drug-likeness (QED) is 0.337. The van der Waals surface area contributed by atoms with E-state index in [0.717, 1.165) is 38.7 Å². The lowest BCUT2D eigenvalue weighted by Gasteiger charge is -2.06. The molecule has 0 amide bonds. The molecule has 1 fully saturated rings. The van der Waals surface area contributed by atoms with Gasteiger partial charge in [-0.15, -0.1) is 0 Å². The summed E-state index contributed by atoms with van der Waals surface area (Å²) < 4.78 is 10.7. The molecular weight excluding hydrogens is 218 g/mol. The largest absolute Gasteiger partial charge is 0.382 e. The molecule has 17 heavy (non-hydrogen) atoms. The van der Waals surface area contributed by atoms with Gasteiger partial charge in [0.05, 0.1) is 6.61 Å². The van der Waals surface area contributed by atoms with Crippen LogP contribution in [0.25, 0.3) is 0 Å². The normalized spacial score (nSPS) is 16.2. The molecule has 0 aromatic heterocycles. The minimum Gasteiger partial charge on any atom is -0.382 e. The highest BCUT2D eigenvalue weighted by atomic mass is 16.5. The summed E-state index contributed by atoms with van der Waals surface area (Å²) in [5.74, 6) is 1.32. The number of nitrogens with two attached hydrogens (primary N) is 1. The van der Waals surface area contributed by atoms with Gasteiger partial charge in [0, 0.05) is 32.9 Å². The predicted octanol–water partition coefficient (Wildman–Crippen LogP) is 0.744. The Hall–Kier alpha value is -0.810. The minimum atomic E-state index is 0.497. The lowest BCUT2D eigenvalue weighted by molar-refractivity contribution is 0.129. The molecule has 1 aliphatic carbocycles. The van der Waals surface area contributed by atoms with Crippen LogP contribution in [0.2, 0.25) is 0 Å². The van der Waals surface area contributed by atoms with Crippen molar-refractivity contribution in [3.63, 3.8) is 0 Å². The third-order valence-corrected chi connectivity index (χ3v) is 2.54. The molecule has 1 aliphatic rings. The highest BCUT2D eigenvalue weighted by Gasteiger charge is 2.20. The van der Waals surface area contributed by atoms with E-state index in [1.54, 1.807) is 0 Å². The fourth-order valence-electron chi connectivity index (χ4n) is 1.35. The molecule has 1 saturated carbocycles. The standard InChI is InChI=1S/C12H25N3O2/c1-2-16-8-3-6-14-12(13)15-7-9-17-10-11-4-5-11/h11H,2-10H2,1H3,(H3,13,14,15). The van der Waals surface area contributed by atoms with E-state index in [1.165, 1.54) is 12.8 Å². The van der Waals surface area contributed by atoms with E-state index < -0.39 is 0 Å². The first-order chi connectivity index (χ1) is 8.33. The minimum absolute atomic E-state index is 0.497. The fourth-order valence-corrected chi connectivity index (χ4v) is 1.35. The van der Waals surface area contributed by atoms with Crippen molar-refractivity contribution in [2.75, 3.05) is 39.5 Å². The molecule has 100 valence electrons. The molecule has 0 atom stereocenters. The van der Waals surface area contributed by atoms with Crippen molar-refractivity contribution in [3.8, 4) is 0 Å². The zero-order valence-corrected chi connectivity index (χ0v) is 10.8. The lowest BCUT2D eigenvalue weighted by atomic mass is 10.4. The van der Waals surface area contributed by atoms with Gasteiger partial charge < -0.3 is 20.5 Å². The van der Waals surface area contributed by atoms with Crippen LogP contribution in [0.5, 0.6) is 0 Å². The molecule has 0 radical (unpaired) electrons. The third kappa shape index (κ3) is 8.94. The second kappa shape index (κ2) is 9.24. The van der Waals surface area contributed by atoms with Gasteiger partial charge in [0.15, 0.2) is 5.96 Å². The molecule has 0 aromatic carbocycles.